The van der Waals surface area contributed by atoms with Crippen LogP contribution >= 0.6 is 0 Å². The van der Waals surface area contributed by atoms with Crippen LogP contribution in [-0.4, -0.2) is 43.6 Å². The Kier molecular flexibility index (Phi) is 6.47. The Labute approximate surface area is 160 Å². The molecule has 0 saturated carbocycles. The Morgan fingerprint density at radius 3 is 2.00 bits per heavy atom. The average Bonchev–Trinajstić information content (AvgIpc) is 2.74. The second-order valence-corrected chi connectivity index (χ2v) is 6.90. The quantitative estimate of drug-likeness (QED) is 0.882. The number of hydrogen-bond donors (Lipinski definition) is 1. The molecule has 2 amide bonds. The first-order valence-corrected chi connectivity index (χ1v) is 9.39. The summed E-state index contributed by atoms with van der Waals surface area (Å²) in [7, 11) is 1.40. The van der Waals surface area contributed by atoms with Crippen molar-refractivity contribution in [1.82, 2.24) is 10.2 Å². The van der Waals surface area contributed by atoms with Crippen molar-refractivity contribution in [2.24, 2.45) is 5.92 Å². The van der Waals surface area contributed by atoms with Crippen LogP contribution in [0.5, 0.6) is 0 Å². The number of carbonyl (C=O) groups is 2. The summed E-state index contributed by atoms with van der Waals surface area (Å²) in [5, 5.41) is 3.13. The van der Waals surface area contributed by atoms with Gasteiger partial charge in [-0.3, -0.25) is 4.79 Å². The van der Waals surface area contributed by atoms with Gasteiger partial charge in [0.05, 0.1) is 13.0 Å². The van der Waals surface area contributed by atoms with Crippen LogP contribution in [0.3, 0.4) is 0 Å². The van der Waals surface area contributed by atoms with Gasteiger partial charge in [-0.15, -0.1) is 0 Å². The zero-order valence-corrected chi connectivity index (χ0v) is 15.6. The van der Waals surface area contributed by atoms with E-state index in [1.165, 1.54) is 7.11 Å². The summed E-state index contributed by atoms with van der Waals surface area (Å²) in [4.78, 5) is 26.3. The molecule has 0 atom stereocenters. The van der Waals surface area contributed by atoms with Gasteiger partial charge in [0, 0.05) is 19.6 Å². The lowest BCUT2D eigenvalue weighted by Gasteiger charge is -2.31. The van der Waals surface area contributed by atoms with E-state index in [4.69, 9.17) is 4.74 Å². The molecular weight excluding hydrogens is 340 g/mol. The molecule has 1 fully saturated rings. The first kappa shape index (κ1) is 19.0. The molecule has 27 heavy (non-hydrogen) atoms. The predicted octanol–water partition coefficient (Wildman–Crippen LogP) is 3.41. The number of piperidine rings is 1. The predicted molar refractivity (Wildman–Crippen MR) is 104 cm³/mol. The lowest BCUT2D eigenvalue weighted by molar-refractivity contribution is -0.122. The summed E-state index contributed by atoms with van der Waals surface area (Å²) in [5.74, 6) is 0.0763. The lowest BCUT2D eigenvalue weighted by atomic mass is 9.90. The van der Waals surface area contributed by atoms with Gasteiger partial charge < -0.3 is 15.0 Å². The molecule has 1 heterocycles. The van der Waals surface area contributed by atoms with Crippen molar-refractivity contribution >= 4 is 12.0 Å². The number of amides is 2. The van der Waals surface area contributed by atoms with Crippen molar-refractivity contribution in [1.29, 1.82) is 0 Å². The molecule has 2 aromatic carbocycles. The van der Waals surface area contributed by atoms with Crippen LogP contribution in [0.1, 0.15) is 29.9 Å². The van der Waals surface area contributed by atoms with Gasteiger partial charge in [-0.1, -0.05) is 60.7 Å². The molecule has 0 spiro atoms. The van der Waals surface area contributed by atoms with Crippen LogP contribution < -0.4 is 5.32 Å². The number of nitrogens with zero attached hydrogens (tertiary/aromatic N) is 1. The van der Waals surface area contributed by atoms with E-state index in [0.717, 1.165) is 24.0 Å². The highest BCUT2D eigenvalue weighted by Gasteiger charge is 2.26. The van der Waals surface area contributed by atoms with Gasteiger partial charge in [0.1, 0.15) is 0 Å². The number of likely N-dealkylation sites (tertiary alicyclic amines) is 1. The molecule has 5 nitrogen and oxygen atoms in total. The van der Waals surface area contributed by atoms with Crippen molar-refractivity contribution in [3.63, 3.8) is 0 Å². The molecule has 1 aliphatic heterocycles. The van der Waals surface area contributed by atoms with Gasteiger partial charge in [0.15, 0.2) is 0 Å². The van der Waals surface area contributed by atoms with Crippen molar-refractivity contribution < 1.29 is 14.3 Å². The minimum Gasteiger partial charge on any atom is -0.453 e. The first-order chi connectivity index (χ1) is 13.2. The zero-order valence-electron chi connectivity index (χ0n) is 15.6. The molecule has 3 rings (SSSR count). The Morgan fingerprint density at radius 1 is 1.00 bits per heavy atom. The van der Waals surface area contributed by atoms with Crippen molar-refractivity contribution in [2.75, 3.05) is 26.7 Å². The molecule has 2 aromatic rings. The fourth-order valence-electron chi connectivity index (χ4n) is 3.58. The topological polar surface area (TPSA) is 58.6 Å². The molecule has 1 N–H and O–H groups in total. The maximum Gasteiger partial charge on any atom is 0.409 e. The van der Waals surface area contributed by atoms with E-state index in [2.05, 4.69) is 5.32 Å². The third-order valence-electron chi connectivity index (χ3n) is 5.14. The van der Waals surface area contributed by atoms with E-state index in [1.54, 1.807) is 4.90 Å². The van der Waals surface area contributed by atoms with Gasteiger partial charge >= 0.3 is 6.09 Å². The Morgan fingerprint density at radius 2 is 1.52 bits per heavy atom. The van der Waals surface area contributed by atoms with Crippen molar-refractivity contribution in [2.45, 2.75) is 18.8 Å². The molecule has 0 radical (unpaired) electrons. The van der Waals surface area contributed by atoms with E-state index in [0.29, 0.717) is 25.6 Å². The molecule has 1 saturated heterocycles. The number of methoxy groups -OCH3 is 1. The zero-order chi connectivity index (χ0) is 19.1. The molecule has 1 aliphatic rings. The van der Waals surface area contributed by atoms with Crippen LogP contribution in [0.2, 0.25) is 0 Å². The van der Waals surface area contributed by atoms with Crippen LogP contribution in [0.25, 0.3) is 0 Å². The number of ether oxygens (including phenoxy) is 1. The highest BCUT2D eigenvalue weighted by atomic mass is 16.5. The molecule has 0 bridgehead atoms. The standard InChI is InChI=1S/C22H26N2O3/c1-27-22(26)24-14-12-17(13-15-24)16-23-21(25)20(18-8-4-2-5-9-18)19-10-6-3-7-11-19/h2-11,17,20H,12-16H2,1H3,(H,23,25). The van der Waals surface area contributed by atoms with Gasteiger partial charge in [-0.25, -0.2) is 4.79 Å². The molecular formula is C22H26N2O3. The normalized spacial score (nSPS) is 14.8. The summed E-state index contributed by atoms with van der Waals surface area (Å²) < 4.78 is 4.77. The fraction of sp³-hybridized carbons (Fsp3) is 0.364. The summed E-state index contributed by atoms with van der Waals surface area (Å²) in [5.41, 5.74) is 1.98. The number of hydrogen-bond acceptors (Lipinski definition) is 3. The van der Waals surface area contributed by atoms with Crippen LogP contribution in [0.4, 0.5) is 4.79 Å². The van der Waals surface area contributed by atoms with Gasteiger partial charge in [0.2, 0.25) is 5.91 Å². The SMILES string of the molecule is COC(=O)N1CCC(CNC(=O)C(c2ccccc2)c2ccccc2)CC1. The number of carbonyl (C=O) groups excluding carboxylic acids is 2. The summed E-state index contributed by atoms with van der Waals surface area (Å²) >= 11 is 0. The summed E-state index contributed by atoms with van der Waals surface area (Å²) in [6.07, 6.45) is 1.47. The minimum absolute atomic E-state index is 0.0165. The number of rotatable bonds is 5. The van der Waals surface area contributed by atoms with Crippen molar-refractivity contribution in [3.8, 4) is 0 Å². The smallest absolute Gasteiger partial charge is 0.409 e. The van der Waals surface area contributed by atoms with E-state index in [9.17, 15) is 9.59 Å². The van der Waals surface area contributed by atoms with E-state index in [-0.39, 0.29) is 17.9 Å². The fourth-order valence-corrected chi connectivity index (χ4v) is 3.58. The van der Waals surface area contributed by atoms with Crippen LogP contribution in [-0.2, 0) is 9.53 Å². The highest BCUT2D eigenvalue weighted by molar-refractivity contribution is 5.87. The van der Waals surface area contributed by atoms with Crippen LogP contribution in [0.15, 0.2) is 60.7 Å². The highest BCUT2D eigenvalue weighted by Crippen LogP contribution is 2.25. The Balaban J connectivity index is 1.62. The van der Waals surface area contributed by atoms with Gasteiger partial charge in [0.25, 0.3) is 0 Å². The van der Waals surface area contributed by atoms with E-state index >= 15 is 0 Å². The maximum atomic E-state index is 13.0. The average molecular weight is 366 g/mol. The van der Waals surface area contributed by atoms with E-state index < -0.39 is 0 Å². The van der Waals surface area contributed by atoms with Crippen LogP contribution in [0, 0.1) is 5.92 Å². The monoisotopic (exact) mass is 366 g/mol. The van der Waals surface area contributed by atoms with Crippen molar-refractivity contribution in [3.05, 3.63) is 71.8 Å². The third kappa shape index (κ3) is 4.88. The lowest BCUT2D eigenvalue weighted by Crippen LogP contribution is -2.42. The third-order valence-corrected chi connectivity index (χ3v) is 5.14. The van der Waals surface area contributed by atoms with E-state index in [1.807, 2.05) is 60.7 Å². The first-order valence-electron chi connectivity index (χ1n) is 9.39. The Bertz CT molecular complexity index is 701. The molecule has 0 unspecified atom stereocenters. The minimum atomic E-state index is -0.317. The summed E-state index contributed by atoms with van der Waals surface area (Å²) in [6.45, 7) is 1.98. The molecule has 0 aromatic heterocycles. The molecule has 5 heteroatoms. The maximum absolute atomic E-state index is 13.0. The second-order valence-electron chi connectivity index (χ2n) is 6.90. The Hall–Kier alpha value is -2.82. The molecule has 0 aliphatic carbocycles. The second kappa shape index (κ2) is 9.21. The van der Waals surface area contributed by atoms with Gasteiger partial charge in [-0.2, -0.15) is 0 Å². The largest absolute Gasteiger partial charge is 0.453 e. The number of benzene rings is 2. The summed E-state index contributed by atoms with van der Waals surface area (Å²) in [6, 6.07) is 19.7. The van der Waals surface area contributed by atoms with Gasteiger partial charge in [-0.05, 0) is 29.9 Å². The molecule has 142 valence electrons. The number of nitrogens with one attached hydrogen (secondary N) is 1.